The standard InChI is InChI=1S/C18H15FN6O/c1-12-8-16(6-7-17(12)14-9-20-21-10-14)25-18(26)24(22-23-25)11-13-2-4-15(19)5-3-13/h2-10H,11H2,1H3,(H,20,21). The summed E-state index contributed by atoms with van der Waals surface area (Å²) in [5, 5.41) is 14.6. The van der Waals surface area contributed by atoms with Gasteiger partial charge in [0, 0.05) is 11.8 Å². The van der Waals surface area contributed by atoms with Gasteiger partial charge in [-0.25, -0.2) is 9.18 Å². The van der Waals surface area contributed by atoms with Crippen molar-refractivity contribution in [3.63, 3.8) is 0 Å². The van der Waals surface area contributed by atoms with Gasteiger partial charge in [0.25, 0.3) is 0 Å². The minimum atomic E-state index is -0.357. The number of aromatic nitrogens is 6. The zero-order valence-corrected chi connectivity index (χ0v) is 13.9. The number of aromatic amines is 1. The number of nitrogens with zero attached hydrogens (tertiary/aromatic N) is 5. The van der Waals surface area contributed by atoms with E-state index in [4.69, 9.17) is 0 Å². The minimum Gasteiger partial charge on any atom is -0.285 e. The first kappa shape index (κ1) is 15.9. The van der Waals surface area contributed by atoms with Crippen molar-refractivity contribution < 1.29 is 4.39 Å². The van der Waals surface area contributed by atoms with Crippen molar-refractivity contribution >= 4 is 0 Å². The quantitative estimate of drug-likeness (QED) is 0.612. The van der Waals surface area contributed by atoms with E-state index in [9.17, 15) is 9.18 Å². The summed E-state index contributed by atoms with van der Waals surface area (Å²) >= 11 is 0. The van der Waals surface area contributed by atoms with Gasteiger partial charge >= 0.3 is 5.69 Å². The molecule has 4 rings (SSSR count). The molecule has 130 valence electrons. The van der Waals surface area contributed by atoms with Crippen molar-refractivity contribution in [3.8, 4) is 16.8 Å². The molecule has 0 aliphatic heterocycles. The predicted octanol–water partition coefficient (Wildman–Crippen LogP) is 2.31. The maximum atomic E-state index is 13.0. The molecular formula is C18H15FN6O. The lowest BCUT2D eigenvalue weighted by Crippen LogP contribution is -2.24. The molecule has 0 radical (unpaired) electrons. The Labute approximate surface area is 147 Å². The summed E-state index contributed by atoms with van der Waals surface area (Å²) in [7, 11) is 0. The molecule has 26 heavy (non-hydrogen) atoms. The molecule has 0 saturated heterocycles. The van der Waals surface area contributed by atoms with E-state index >= 15 is 0 Å². The summed E-state index contributed by atoms with van der Waals surface area (Å²) in [5.74, 6) is -0.321. The average Bonchev–Trinajstić information content (AvgIpc) is 3.28. The second-order valence-corrected chi connectivity index (χ2v) is 5.94. The third kappa shape index (κ3) is 2.92. The molecule has 8 heteroatoms. The van der Waals surface area contributed by atoms with Gasteiger partial charge in [0.1, 0.15) is 5.82 Å². The van der Waals surface area contributed by atoms with Crippen molar-refractivity contribution in [1.82, 2.24) is 30.0 Å². The summed E-state index contributed by atoms with van der Waals surface area (Å²) in [6.45, 7) is 2.19. The Hall–Kier alpha value is -3.55. The maximum absolute atomic E-state index is 13.0. The Kier molecular flexibility index (Phi) is 3.92. The lowest BCUT2D eigenvalue weighted by atomic mass is 10.0. The van der Waals surface area contributed by atoms with E-state index in [0.717, 1.165) is 22.3 Å². The Bertz CT molecular complexity index is 1100. The third-order valence-corrected chi connectivity index (χ3v) is 4.15. The number of halogens is 1. The SMILES string of the molecule is Cc1cc(-n2nnn(Cc3ccc(F)cc3)c2=O)ccc1-c1cn[nH]c1. The number of hydrogen-bond acceptors (Lipinski definition) is 4. The molecule has 0 unspecified atom stereocenters. The molecule has 2 aromatic carbocycles. The number of tetrazole rings is 1. The molecule has 0 atom stereocenters. The number of aryl methyl sites for hydroxylation is 1. The molecule has 0 fully saturated rings. The van der Waals surface area contributed by atoms with E-state index in [1.807, 2.05) is 31.3 Å². The molecule has 0 amide bonds. The van der Waals surface area contributed by atoms with Gasteiger partial charge in [0.2, 0.25) is 0 Å². The molecule has 2 aromatic heterocycles. The van der Waals surface area contributed by atoms with Gasteiger partial charge in [-0.05, 0) is 58.3 Å². The monoisotopic (exact) mass is 350 g/mol. The largest absolute Gasteiger partial charge is 0.368 e. The van der Waals surface area contributed by atoms with Crippen molar-refractivity contribution in [1.29, 1.82) is 0 Å². The first-order valence-electron chi connectivity index (χ1n) is 7.99. The fourth-order valence-electron chi connectivity index (χ4n) is 2.80. The van der Waals surface area contributed by atoms with Gasteiger partial charge in [-0.1, -0.05) is 18.2 Å². The Morgan fingerprint density at radius 1 is 1.12 bits per heavy atom. The molecule has 0 saturated carbocycles. The molecule has 7 nitrogen and oxygen atoms in total. The lowest BCUT2D eigenvalue weighted by Gasteiger charge is -2.06. The number of rotatable bonds is 4. The van der Waals surface area contributed by atoms with Crippen molar-refractivity contribution in [3.05, 3.63) is 82.3 Å². The summed E-state index contributed by atoms with van der Waals surface area (Å²) in [4.78, 5) is 12.6. The second-order valence-electron chi connectivity index (χ2n) is 5.94. The van der Waals surface area contributed by atoms with Gasteiger partial charge in [0.15, 0.2) is 0 Å². The molecule has 1 N–H and O–H groups in total. The van der Waals surface area contributed by atoms with E-state index in [2.05, 4.69) is 20.6 Å². The van der Waals surface area contributed by atoms with Gasteiger partial charge in [-0.3, -0.25) is 5.10 Å². The van der Waals surface area contributed by atoms with Gasteiger partial charge < -0.3 is 0 Å². The van der Waals surface area contributed by atoms with Crippen LogP contribution in [0.3, 0.4) is 0 Å². The molecule has 0 bridgehead atoms. The van der Waals surface area contributed by atoms with Crippen LogP contribution >= 0.6 is 0 Å². The van der Waals surface area contributed by atoms with Crippen LogP contribution in [0.5, 0.6) is 0 Å². The van der Waals surface area contributed by atoms with Crippen LogP contribution in [0.2, 0.25) is 0 Å². The predicted molar refractivity (Wildman–Crippen MR) is 93.4 cm³/mol. The molecule has 2 heterocycles. The molecule has 0 aliphatic rings. The van der Waals surface area contributed by atoms with Crippen LogP contribution in [-0.4, -0.2) is 30.0 Å². The van der Waals surface area contributed by atoms with Crippen LogP contribution in [0.15, 0.2) is 59.7 Å². The van der Waals surface area contributed by atoms with Crippen molar-refractivity contribution in [2.75, 3.05) is 0 Å². The van der Waals surface area contributed by atoms with Crippen molar-refractivity contribution in [2.45, 2.75) is 13.5 Å². The fourth-order valence-corrected chi connectivity index (χ4v) is 2.80. The van der Waals surface area contributed by atoms with Crippen LogP contribution in [0.4, 0.5) is 4.39 Å². The highest BCUT2D eigenvalue weighted by Gasteiger charge is 2.11. The van der Waals surface area contributed by atoms with Crippen LogP contribution in [0.25, 0.3) is 16.8 Å². The highest BCUT2D eigenvalue weighted by atomic mass is 19.1. The number of H-pyrrole nitrogens is 1. The van der Waals surface area contributed by atoms with E-state index in [0.29, 0.717) is 5.69 Å². The summed E-state index contributed by atoms with van der Waals surface area (Å²) in [6.07, 6.45) is 3.56. The smallest absolute Gasteiger partial charge is 0.285 e. The number of nitrogens with one attached hydrogen (secondary N) is 1. The van der Waals surface area contributed by atoms with Gasteiger partial charge in [-0.15, -0.1) is 0 Å². The highest BCUT2D eigenvalue weighted by Crippen LogP contribution is 2.23. The normalized spacial score (nSPS) is 11.0. The summed E-state index contributed by atoms with van der Waals surface area (Å²) in [5.41, 5.74) is 4.03. The van der Waals surface area contributed by atoms with E-state index in [-0.39, 0.29) is 18.1 Å². The summed E-state index contributed by atoms with van der Waals surface area (Å²) in [6, 6.07) is 11.5. The van der Waals surface area contributed by atoms with Gasteiger partial charge in [0.05, 0.1) is 18.4 Å². The van der Waals surface area contributed by atoms with Crippen LogP contribution < -0.4 is 5.69 Å². The first-order valence-corrected chi connectivity index (χ1v) is 7.99. The Morgan fingerprint density at radius 2 is 1.92 bits per heavy atom. The number of benzene rings is 2. The molecular weight excluding hydrogens is 335 g/mol. The zero-order chi connectivity index (χ0) is 18.1. The number of hydrogen-bond donors (Lipinski definition) is 1. The zero-order valence-electron chi connectivity index (χ0n) is 13.9. The van der Waals surface area contributed by atoms with E-state index < -0.39 is 0 Å². The maximum Gasteiger partial charge on any atom is 0.368 e. The Balaban J connectivity index is 1.65. The fraction of sp³-hybridized carbons (Fsp3) is 0.111. The van der Waals surface area contributed by atoms with Crippen LogP contribution in [0, 0.1) is 12.7 Å². The molecule has 4 aromatic rings. The minimum absolute atomic E-state index is 0.227. The first-order chi connectivity index (χ1) is 12.6. The lowest BCUT2D eigenvalue weighted by molar-refractivity contribution is 0.616. The van der Waals surface area contributed by atoms with Gasteiger partial charge in [-0.2, -0.15) is 14.5 Å². The highest BCUT2D eigenvalue weighted by molar-refractivity contribution is 5.67. The second kappa shape index (κ2) is 6.40. The van der Waals surface area contributed by atoms with Crippen molar-refractivity contribution in [2.24, 2.45) is 0 Å². The van der Waals surface area contributed by atoms with E-state index in [1.54, 1.807) is 18.3 Å². The molecule has 0 aliphatic carbocycles. The average molecular weight is 350 g/mol. The van der Waals surface area contributed by atoms with E-state index in [1.165, 1.54) is 21.5 Å². The Morgan fingerprint density at radius 3 is 2.62 bits per heavy atom. The summed E-state index contributed by atoms with van der Waals surface area (Å²) < 4.78 is 15.5. The van der Waals surface area contributed by atoms with Crippen LogP contribution in [0.1, 0.15) is 11.1 Å². The van der Waals surface area contributed by atoms with Crippen LogP contribution in [-0.2, 0) is 6.54 Å². The molecule has 0 spiro atoms. The third-order valence-electron chi connectivity index (χ3n) is 4.15. The topological polar surface area (TPSA) is 81.4 Å².